The van der Waals surface area contributed by atoms with Crippen LogP contribution in [0.15, 0.2) is 28.2 Å². The summed E-state index contributed by atoms with van der Waals surface area (Å²) in [5.41, 5.74) is -0.200. The molecule has 3 rings (SSSR count). The Morgan fingerprint density at radius 1 is 1.43 bits per heavy atom. The molecule has 1 aromatic carbocycles. The molecule has 1 atom stereocenters. The van der Waals surface area contributed by atoms with Gasteiger partial charge in [-0.15, -0.1) is 0 Å². The molecule has 0 saturated carbocycles. The number of rotatable bonds is 7. The number of nitrogens with one attached hydrogen (secondary N) is 2. The first-order valence-corrected chi connectivity index (χ1v) is 9.65. The second-order valence-electron chi connectivity index (χ2n) is 5.45. The van der Waals surface area contributed by atoms with E-state index in [9.17, 15) is 23.5 Å². The molecule has 8 nitrogen and oxygen atoms in total. The Hall–Kier alpha value is -2.57. The summed E-state index contributed by atoms with van der Waals surface area (Å²) in [5, 5.41) is 12.3. The molecule has 3 aromatic rings. The minimum absolute atomic E-state index is 0.0577. The third-order valence-corrected chi connectivity index (χ3v) is 5.50. The number of H-pyrrole nitrogens is 1. The predicted molar refractivity (Wildman–Crippen MR) is 100 cm³/mol. The van der Waals surface area contributed by atoms with Gasteiger partial charge in [-0.2, -0.15) is 4.98 Å². The van der Waals surface area contributed by atoms with Crippen molar-refractivity contribution in [2.75, 3.05) is 19.0 Å². The van der Waals surface area contributed by atoms with Crippen LogP contribution in [-0.4, -0.2) is 45.8 Å². The average Bonchev–Trinajstić information content (AvgIpc) is 3.10. The first kappa shape index (κ1) is 20.2. The Morgan fingerprint density at radius 2 is 2.21 bits per heavy atom. The number of halogens is 2. The maximum Gasteiger partial charge on any atom is 0.330 e. The van der Waals surface area contributed by atoms with E-state index in [-0.39, 0.29) is 32.0 Å². The molecule has 0 amide bonds. The van der Waals surface area contributed by atoms with E-state index in [4.69, 9.17) is 0 Å². The van der Waals surface area contributed by atoms with Gasteiger partial charge < -0.3 is 20.1 Å². The molecule has 28 heavy (non-hydrogen) atoms. The highest BCUT2D eigenvalue weighted by Gasteiger charge is 2.20. The number of thiazole rings is 1. The maximum absolute atomic E-state index is 13.7. The van der Waals surface area contributed by atoms with Crippen LogP contribution >= 0.6 is 23.1 Å². The number of carbonyl (C=O) groups is 1. The monoisotopic (exact) mass is 428 g/mol. The van der Waals surface area contributed by atoms with E-state index < -0.39 is 35.8 Å². The number of fused-ring (bicyclic) bond motifs is 1. The predicted octanol–water partition coefficient (Wildman–Crippen LogP) is 1.90. The third kappa shape index (κ3) is 4.29. The zero-order valence-electron chi connectivity index (χ0n) is 14.4. The lowest BCUT2D eigenvalue weighted by atomic mass is 10.2. The number of nitrogens with zero attached hydrogens (tertiary/aromatic N) is 2. The summed E-state index contributed by atoms with van der Waals surface area (Å²) < 4.78 is 31.8. The molecule has 0 fully saturated rings. The largest absolute Gasteiger partial charge is 0.467 e. The van der Waals surface area contributed by atoms with Crippen molar-refractivity contribution in [3.05, 3.63) is 45.8 Å². The number of carbonyl (C=O) groups excluding carboxylic acids is 1. The summed E-state index contributed by atoms with van der Waals surface area (Å²) in [6.07, 6.45) is 0. The summed E-state index contributed by atoms with van der Waals surface area (Å²) in [6, 6.07) is 2.82. The number of anilines is 1. The van der Waals surface area contributed by atoms with Gasteiger partial charge in [0.15, 0.2) is 27.6 Å². The standard InChI is InChI=1S/C16H14F2N4O4S2/c1-26-14(25)9(5-23)19-16-21-12-11(28-16)13(24)22-15(20-12)27-6-7-3-2-4-8(17)10(7)18/h2-4,9,23H,5-6H2,1H3,(H2,19,20,21,22,24). The first-order valence-electron chi connectivity index (χ1n) is 7.84. The van der Waals surface area contributed by atoms with Crippen LogP contribution in [0.1, 0.15) is 5.56 Å². The minimum Gasteiger partial charge on any atom is -0.467 e. The molecule has 3 N–H and O–H groups in total. The fraction of sp³-hybridized carbons (Fsp3) is 0.250. The lowest BCUT2D eigenvalue weighted by molar-refractivity contribution is -0.142. The number of aromatic amines is 1. The Bertz CT molecular complexity index is 1070. The number of esters is 1. The van der Waals surface area contributed by atoms with Crippen molar-refractivity contribution >= 4 is 44.5 Å². The minimum atomic E-state index is -1.03. The van der Waals surface area contributed by atoms with Crippen LogP contribution in [0.4, 0.5) is 13.9 Å². The van der Waals surface area contributed by atoms with Gasteiger partial charge in [-0.05, 0) is 6.07 Å². The van der Waals surface area contributed by atoms with E-state index in [1.807, 2.05) is 0 Å². The smallest absolute Gasteiger partial charge is 0.330 e. The van der Waals surface area contributed by atoms with Crippen molar-refractivity contribution in [1.82, 2.24) is 15.0 Å². The number of aromatic nitrogens is 3. The molecule has 2 aromatic heterocycles. The number of benzene rings is 1. The van der Waals surface area contributed by atoms with Crippen LogP contribution in [0.25, 0.3) is 10.3 Å². The molecule has 0 aliphatic rings. The van der Waals surface area contributed by atoms with E-state index in [0.717, 1.165) is 29.2 Å². The van der Waals surface area contributed by atoms with E-state index in [0.29, 0.717) is 0 Å². The second kappa shape index (κ2) is 8.63. The zero-order valence-corrected chi connectivity index (χ0v) is 16.0. The number of thioether (sulfide) groups is 1. The summed E-state index contributed by atoms with van der Waals surface area (Å²) in [4.78, 5) is 34.7. The number of hydrogen-bond acceptors (Lipinski definition) is 9. The highest BCUT2D eigenvalue weighted by molar-refractivity contribution is 7.98. The van der Waals surface area contributed by atoms with Crippen molar-refractivity contribution < 1.29 is 23.4 Å². The van der Waals surface area contributed by atoms with E-state index in [2.05, 4.69) is 25.0 Å². The summed E-state index contributed by atoms with van der Waals surface area (Å²) in [7, 11) is 1.18. The van der Waals surface area contributed by atoms with Gasteiger partial charge in [0.2, 0.25) is 0 Å². The van der Waals surface area contributed by atoms with Gasteiger partial charge in [-0.3, -0.25) is 4.79 Å². The molecule has 0 aliphatic carbocycles. The molecule has 0 saturated heterocycles. The zero-order chi connectivity index (χ0) is 20.3. The molecule has 0 bridgehead atoms. The second-order valence-corrected chi connectivity index (χ2v) is 7.41. The Morgan fingerprint density at radius 3 is 2.93 bits per heavy atom. The normalized spacial score (nSPS) is 12.1. The van der Waals surface area contributed by atoms with Gasteiger partial charge in [0.25, 0.3) is 5.56 Å². The van der Waals surface area contributed by atoms with Crippen molar-refractivity contribution in [2.24, 2.45) is 0 Å². The number of methoxy groups -OCH3 is 1. The van der Waals surface area contributed by atoms with E-state index in [1.54, 1.807) is 0 Å². The molecule has 0 spiro atoms. The lowest BCUT2D eigenvalue weighted by Crippen LogP contribution is -2.33. The van der Waals surface area contributed by atoms with E-state index in [1.165, 1.54) is 19.2 Å². The third-order valence-electron chi connectivity index (χ3n) is 3.61. The summed E-state index contributed by atoms with van der Waals surface area (Å²) in [6.45, 7) is -0.521. The van der Waals surface area contributed by atoms with Gasteiger partial charge >= 0.3 is 5.97 Å². The molecule has 0 radical (unpaired) electrons. The molecule has 1 unspecified atom stereocenters. The van der Waals surface area contributed by atoms with Gasteiger partial charge in [0, 0.05) is 11.3 Å². The molecule has 2 heterocycles. The molecule has 0 aliphatic heterocycles. The van der Waals surface area contributed by atoms with Crippen LogP contribution < -0.4 is 10.9 Å². The highest BCUT2D eigenvalue weighted by Crippen LogP contribution is 2.26. The molecule has 148 valence electrons. The quantitative estimate of drug-likeness (QED) is 0.297. The van der Waals surface area contributed by atoms with Crippen LogP contribution in [0.5, 0.6) is 0 Å². The Kier molecular flexibility index (Phi) is 6.21. The molecule has 12 heteroatoms. The van der Waals surface area contributed by atoms with Gasteiger partial charge in [-0.1, -0.05) is 35.2 Å². The van der Waals surface area contributed by atoms with Crippen molar-refractivity contribution in [2.45, 2.75) is 17.0 Å². The van der Waals surface area contributed by atoms with Crippen LogP contribution in [0, 0.1) is 11.6 Å². The van der Waals surface area contributed by atoms with Gasteiger partial charge in [0.05, 0.1) is 13.7 Å². The van der Waals surface area contributed by atoms with Gasteiger partial charge in [-0.25, -0.2) is 18.6 Å². The fourth-order valence-corrected chi connectivity index (χ4v) is 3.90. The summed E-state index contributed by atoms with van der Waals surface area (Å²) in [5.74, 6) is -2.52. The number of hydrogen-bond donors (Lipinski definition) is 3. The number of ether oxygens (including phenoxy) is 1. The first-order chi connectivity index (χ1) is 13.4. The highest BCUT2D eigenvalue weighted by atomic mass is 32.2. The van der Waals surface area contributed by atoms with Crippen molar-refractivity contribution in [3.63, 3.8) is 0 Å². The number of aliphatic hydroxyl groups excluding tert-OH is 1. The van der Waals surface area contributed by atoms with Gasteiger partial charge in [0.1, 0.15) is 10.7 Å². The SMILES string of the molecule is COC(=O)C(CO)Nc1nc2nc(SCc3cccc(F)c3F)[nH]c(=O)c2s1. The average molecular weight is 428 g/mol. The van der Waals surface area contributed by atoms with Crippen LogP contribution in [0.3, 0.4) is 0 Å². The molecular weight excluding hydrogens is 414 g/mol. The molecular formula is C16H14F2N4O4S2. The van der Waals surface area contributed by atoms with E-state index >= 15 is 0 Å². The Balaban J connectivity index is 1.81. The fourth-order valence-electron chi connectivity index (χ4n) is 2.22. The Labute approximate surface area is 165 Å². The van der Waals surface area contributed by atoms with Crippen molar-refractivity contribution in [3.8, 4) is 0 Å². The van der Waals surface area contributed by atoms with Crippen LogP contribution in [-0.2, 0) is 15.3 Å². The van der Waals surface area contributed by atoms with Crippen molar-refractivity contribution in [1.29, 1.82) is 0 Å². The number of aliphatic hydroxyl groups is 1. The lowest BCUT2D eigenvalue weighted by Gasteiger charge is -2.11. The van der Waals surface area contributed by atoms with Crippen LogP contribution in [0.2, 0.25) is 0 Å². The topological polar surface area (TPSA) is 117 Å². The summed E-state index contributed by atoms with van der Waals surface area (Å²) >= 11 is 1.98. The maximum atomic E-state index is 13.7.